The molecular formula is C9H18N2O. The standard InChI is InChI=1S/C7H12N2O.C2H6/c1-9-3-5-2-6(4-9)7(5)8-10;1-2/h5-6,10H,2-4H2,1H3;1-2H3. The maximum Gasteiger partial charge on any atom is 0.0658 e. The number of hydrogen-bond donors (Lipinski definition) is 1. The van der Waals surface area contributed by atoms with E-state index in [-0.39, 0.29) is 0 Å². The van der Waals surface area contributed by atoms with Crippen molar-refractivity contribution in [1.29, 1.82) is 0 Å². The van der Waals surface area contributed by atoms with Crippen LogP contribution in [-0.4, -0.2) is 36.0 Å². The Morgan fingerprint density at radius 2 is 1.83 bits per heavy atom. The molecule has 2 heterocycles. The highest BCUT2D eigenvalue weighted by atomic mass is 16.4. The summed E-state index contributed by atoms with van der Waals surface area (Å²) in [5, 5.41) is 11.9. The van der Waals surface area contributed by atoms with Crippen LogP contribution in [0.4, 0.5) is 0 Å². The first-order valence-electron chi connectivity index (χ1n) is 4.71. The van der Waals surface area contributed by atoms with Crippen molar-refractivity contribution in [2.75, 3.05) is 20.1 Å². The zero-order valence-corrected chi connectivity index (χ0v) is 8.12. The maximum absolute atomic E-state index is 8.55. The largest absolute Gasteiger partial charge is 0.411 e. The first-order chi connectivity index (χ1) is 5.81. The van der Waals surface area contributed by atoms with Crippen molar-refractivity contribution in [3.8, 4) is 0 Å². The molecule has 0 aromatic rings. The van der Waals surface area contributed by atoms with Crippen molar-refractivity contribution in [2.24, 2.45) is 17.0 Å². The van der Waals surface area contributed by atoms with Crippen LogP contribution in [-0.2, 0) is 0 Å². The summed E-state index contributed by atoms with van der Waals surface area (Å²) in [7, 11) is 2.12. The third-order valence-electron chi connectivity index (χ3n) is 2.59. The molecule has 2 unspecified atom stereocenters. The Hall–Kier alpha value is -0.570. The van der Waals surface area contributed by atoms with Crippen LogP contribution in [0.25, 0.3) is 0 Å². The van der Waals surface area contributed by atoms with E-state index < -0.39 is 0 Å². The molecule has 2 bridgehead atoms. The number of piperidine rings is 2. The van der Waals surface area contributed by atoms with Gasteiger partial charge < -0.3 is 10.1 Å². The monoisotopic (exact) mass is 170 g/mol. The van der Waals surface area contributed by atoms with E-state index in [4.69, 9.17) is 5.21 Å². The number of rotatable bonds is 0. The van der Waals surface area contributed by atoms with Gasteiger partial charge in [-0.25, -0.2) is 0 Å². The lowest BCUT2D eigenvalue weighted by molar-refractivity contribution is 0.158. The molecule has 3 fully saturated rings. The molecule has 70 valence electrons. The van der Waals surface area contributed by atoms with Gasteiger partial charge in [0.1, 0.15) is 0 Å². The van der Waals surface area contributed by atoms with Crippen LogP contribution >= 0.6 is 0 Å². The van der Waals surface area contributed by atoms with Gasteiger partial charge in [0.25, 0.3) is 0 Å². The van der Waals surface area contributed by atoms with E-state index in [1.807, 2.05) is 13.8 Å². The minimum atomic E-state index is 0.564. The normalized spacial score (nSPS) is 33.1. The van der Waals surface area contributed by atoms with E-state index in [9.17, 15) is 0 Å². The highest BCUT2D eigenvalue weighted by Gasteiger charge is 2.42. The van der Waals surface area contributed by atoms with Crippen LogP contribution in [0, 0.1) is 11.8 Å². The molecule has 2 atom stereocenters. The minimum absolute atomic E-state index is 0.564. The van der Waals surface area contributed by atoms with Crippen molar-refractivity contribution >= 4 is 5.71 Å². The van der Waals surface area contributed by atoms with Gasteiger partial charge in [0, 0.05) is 24.9 Å². The Bertz CT molecular complexity index is 165. The molecule has 0 spiro atoms. The highest BCUT2D eigenvalue weighted by molar-refractivity contribution is 5.94. The van der Waals surface area contributed by atoms with Crippen LogP contribution < -0.4 is 0 Å². The van der Waals surface area contributed by atoms with Crippen LogP contribution in [0.2, 0.25) is 0 Å². The third kappa shape index (κ3) is 1.46. The van der Waals surface area contributed by atoms with Gasteiger partial charge in [-0.2, -0.15) is 0 Å². The fourth-order valence-corrected chi connectivity index (χ4v) is 2.08. The lowest BCUT2D eigenvalue weighted by Gasteiger charge is -2.46. The van der Waals surface area contributed by atoms with Crippen molar-refractivity contribution in [2.45, 2.75) is 20.3 Å². The smallest absolute Gasteiger partial charge is 0.0658 e. The second-order valence-corrected chi connectivity index (χ2v) is 3.38. The first kappa shape index (κ1) is 9.52. The van der Waals surface area contributed by atoms with Gasteiger partial charge in [0.2, 0.25) is 0 Å². The second kappa shape index (κ2) is 3.90. The van der Waals surface area contributed by atoms with E-state index in [1.165, 1.54) is 6.42 Å². The summed E-state index contributed by atoms with van der Waals surface area (Å²) in [5.41, 5.74) is 1.04. The van der Waals surface area contributed by atoms with Gasteiger partial charge in [0.15, 0.2) is 0 Å². The number of nitrogens with zero attached hydrogens (tertiary/aromatic N) is 2. The molecule has 0 amide bonds. The summed E-state index contributed by atoms with van der Waals surface area (Å²) in [6.45, 7) is 6.16. The van der Waals surface area contributed by atoms with Gasteiger partial charge >= 0.3 is 0 Å². The molecule has 0 aromatic heterocycles. The average molecular weight is 170 g/mol. The summed E-state index contributed by atoms with van der Waals surface area (Å²) >= 11 is 0. The van der Waals surface area contributed by atoms with Gasteiger partial charge in [-0.05, 0) is 13.5 Å². The molecule has 2 saturated heterocycles. The Kier molecular flexibility index (Phi) is 3.09. The fraction of sp³-hybridized carbons (Fsp3) is 0.889. The predicted molar refractivity (Wildman–Crippen MR) is 49.7 cm³/mol. The van der Waals surface area contributed by atoms with Crippen molar-refractivity contribution in [3.63, 3.8) is 0 Å². The quantitative estimate of drug-likeness (QED) is 0.441. The van der Waals surface area contributed by atoms with E-state index >= 15 is 0 Å². The van der Waals surface area contributed by atoms with Crippen LogP contribution in [0.3, 0.4) is 0 Å². The van der Waals surface area contributed by atoms with E-state index in [2.05, 4.69) is 17.1 Å². The number of hydrogen-bond acceptors (Lipinski definition) is 3. The van der Waals surface area contributed by atoms with Gasteiger partial charge in [0.05, 0.1) is 5.71 Å². The van der Waals surface area contributed by atoms with E-state index in [0.717, 1.165) is 18.8 Å². The molecule has 1 N–H and O–H groups in total. The van der Waals surface area contributed by atoms with Crippen LogP contribution in [0.15, 0.2) is 5.16 Å². The molecule has 3 nitrogen and oxygen atoms in total. The average Bonchev–Trinajstić information content (AvgIpc) is 2.08. The van der Waals surface area contributed by atoms with E-state index in [0.29, 0.717) is 11.8 Å². The van der Waals surface area contributed by atoms with Gasteiger partial charge in [-0.3, -0.25) is 0 Å². The lowest BCUT2D eigenvalue weighted by Crippen LogP contribution is -2.54. The lowest BCUT2D eigenvalue weighted by atomic mass is 9.69. The van der Waals surface area contributed by atoms with Crippen LogP contribution in [0.1, 0.15) is 20.3 Å². The SMILES string of the molecule is CC.CN1CC2CC(C1)C2=NO. The summed E-state index contributed by atoms with van der Waals surface area (Å²) < 4.78 is 0. The Labute approximate surface area is 74.1 Å². The van der Waals surface area contributed by atoms with Crippen molar-refractivity contribution < 1.29 is 5.21 Å². The topological polar surface area (TPSA) is 35.8 Å². The predicted octanol–water partition coefficient (Wildman–Crippen LogP) is 1.42. The molecule has 1 saturated carbocycles. The molecule has 12 heavy (non-hydrogen) atoms. The maximum atomic E-state index is 8.55. The zero-order chi connectivity index (χ0) is 9.14. The minimum Gasteiger partial charge on any atom is -0.411 e. The number of oxime groups is 1. The third-order valence-corrected chi connectivity index (χ3v) is 2.59. The fourth-order valence-electron chi connectivity index (χ4n) is 2.08. The van der Waals surface area contributed by atoms with Gasteiger partial charge in [-0.15, -0.1) is 0 Å². The highest BCUT2D eigenvalue weighted by Crippen LogP contribution is 2.36. The molecule has 1 aliphatic carbocycles. The number of fused-ring (bicyclic) bond motifs is 2. The molecule has 3 aliphatic rings. The molecule has 0 radical (unpaired) electrons. The van der Waals surface area contributed by atoms with Crippen molar-refractivity contribution in [3.05, 3.63) is 0 Å². The Morgan fingerprint density at radius 1 is 1.33 bits per heavy atom. The summed E-state index contributed by atoms with van der Waals surface area (Å²) in [5.74, 6) is 1.13. The first-order valence-corrected chi connectivity index (χ1v) is 4.71. The molecule has 0 aromatic carbocycles. The molecule has 3 heteroatoms. The Morgan fingerprint density at radius 3 is 2.25 bits per heavy atom. The zero-order valence-electron chi connectivity index (χ0n) is 8.12. The van der Waals surface area contributed by atoms with E-state index in [1.54, 1.807) is 0 Å². The molecule has 3 rings (SSSR count). The second-order valence-electron chi connectivity index (χ2n) is 3.38. The Balaban J connectivity index is 0.000000336. The summed E-state index contributed by atoms with van der Waals surface area (Å²) in [6, 6.07) is 0. The summed E-state index contributed by atoms with van der Waals surface area (Å²) in [4.78, 5) is 2.30. The van der Waals surface area contributed by atoms with Crippen molar-refractivity contribution in [1.82, 2.24) is 4.90 Å². The van der Waals surface area contributed by atoms with Gasteiger partial charge in [-0.1, -0.05) is 19.0 Å². The summed E-state index contributed by atoms with van der Waals surface area (Å²) in [6.07, 6.45) is 1.24. The van der Waals surface area contributed by atoms with Crippen LogP contribution in [0.5, 0.6) is 0 Å². The molecule has 2 aliphatic heterocycles. The molecular weight excluding hydrogens is 152 g/mol.